The first-order valence-corrected chi connectivity index (χ1v) is 6.92. The third kappa shape index (κ3) is 3.88. The molecule has 1 aromatic rings. The Labute approximate surface area is 109 Å². The van der Waals surface area contributed by atoms with Gasteiger partial charge in [-0.15, -0.1) is 0 Å². The number of rotatable bonds is 4. The van der Waals surface area contributed by atoms with Crippen LogP contribution in [-0.2, 0) is 6.42 Å². The molecule has 0 aromatic heterocycles. The average molecular weight is 246 g/mol. The fourth-order valence-corrected chi connectivity index (χ4v) is 2.34. The van der Waals surface area contributed by atoms with Gasteiger partial charge in [0.25, 0.3) is 0 Å². The minimum absolute atomic E-state index is 0.168. The molecule has 2 heteroatoms. The van der Waals surface area contributed by atoms with Crippen molar-refractivity contribution >= 4 is 0 Å². The van der Waals surface area contributed by atoms with Gasteiger partial charge in [0, 0.05) is 6.61 Å². The summed E-state index contributed by atoms with van der Waals surface area (Å²) in [7, 11) is 0. The van der Waals surface area contributed by atoms with Gasteiger partial charge in [0.15, 0.2) is 0 Å². The lowest BCUT2D eigenvalue weighted by Gasteiger charge is -2.19. The first kappa shape index (κ1) is 13.2. The van der Waals surface area contributed by atoms with Crippen molar-refractivity contribution in [2.75, 3.05) is 6.61 Å². The summed E-state index contributed by atoms with van der Waals surface area (Å²) in [6.45, 7) is 0.168. The molecule has 0 saturated heterocycles. The van der Waals surface area contributed by atoms with E-state index in [0.29, 0.717) is 6.42 Å². The molecule has 18 heavy (non-hydrogen) atoms. The molecule has 1 aliphatic carbocycles. The lowest BCUT2D eigenvalue weighted by atomic mass is 10.0. The molecule has 0 amide bonds. The second-order valence-corrected chi connectivity index (χ2v) is 4.80. The number of aliphatic hydroxyl groups excluding tert-OH is 1. The van der Waals surface area contributed by atoms with Crippen molar-refractivity contribution in [3.05, 3.63) is 42.0 Å². The summed E-state index contributed by atoms with van der Waals surface area (Å²) >= 11 is 0. The van der Waals surface area contributed by atoms with E-state index in [2.05, 4.69) is 12.2 Å². The van der Waals surface area contributed by atoms with Crippen molar-refractivity contribution in [1.29, 1.82) is 0 Å². The molecule has 0 radical (unpaired) electrons. The Morgan fingerprint density at radius 1 is 1.17 bits per heavy atom. The van der Waals surface area contributed by atoms with Crippen LogP contribution in [0.1, 0.15) is 37.7 Å². The molecule has 1 aliphatic rings. The lowest BCUT2D eigenvalue weighted by molar-refractivity contribution is 0.226. The van der Waals surface area contributed by atoms with Gasteiger partial charge in [0.2, 0.25) is 0 Å². The van der Waals surface area contributed by atoms with E-state index >= 15 is 0 Å². The van der Waals surface area contributed by atoms with E-state index in [1.54, 1.807) is 0 Å². The van der Waals surface area contributed by atoms with Crippen molar-refractivity contribution in [1.82, 2.24) is 0 Å². The van der Waals surface area contributed by atoms with Crippen molar-refractivity contribution in [3.8, 4) is 5.75 Å². The predicted octanol–water partition coefficient (Wildman–Crippen LogP) is 3.49. The minimum Gasteiger partial charge on any atom is -0.486 e. The number of para-hydroxylation sites is 1. The number of hydrogen-bond acceptors (Lipinski definition) is 2. The fourth-order valence-electron chi connectivity index (χ4n) is 2.34. The molecule has 1 aromatic carbocycles. The number of hydrogen-bond donors (Lipinski definition) is 1. The van der Waals surface area contributed by atoms with Gasteiger partial charge in [0.05, 0.1) is 0 Å². The SMILES string of the molecule is OCCc1ccccc1OC1/C=C/CCCCC1. The highest BCUT2D eigenvalue weighted by molar-refractivity contribution is 5.34. The monoisotopic (exact) mass is 246 g/mol. The molecule has 2 rings (SSSR count). The number of ether oxygens (including phenoxy) is 1. The highest BCUT2D eigenvalue weighted by Gasteiger charge is 2.10. The van der Waals surface area contributed by atoms with Crippen molar-refractivity contribution in [2.24, 2.45) is 0 Å². The van der Waals surface area contributed by atoms with Gasteiger partial charge < -0.3 is 9.84 Å². The Morgan fingerprint density at radius 2 is 2.06 bits per heavy atom. The van der Waals surface area contributed by atoms with Crippen molar-refractivity contribution in [3.63, 3.8) is 0 Å². The van der Waals surface area contributed by atoms with Crippen LogP contribution in [-0.4, -0.2) is 17.8 Å². The summed E-state index contributed by atoms with van der Waals surface area (Å²) in [6, 6.07) is 8.00. The second-order valence-electron chi connectivity index (χ2n) is 4.80. The Hall–Kier alpha value is -1.28. The van der Waals surface area contributed by atoms with Crippen molar-refractivity contribution < 1.29 is 9.84 Å². The van der Waals surface area contributed by atoms with E-state index in [0.717, 1.165) is 24.2 Å². The number of allylic oxidation sites excluding steroid dienone is 1. The normalized spacial score (nSPS) is 21.9. The summed E-state index contributed by atoms with van der Waals surface area (Å²) in [5.41, 5.74) is 1.09. The molecule has 2 nitrogen and oxygen atoms in total. The highest BCUT2D eigenvalue weighted by atomic mass is 16.5. The average Bonchev–Trinajstić information content (AvgIpc) is 2.35. The molecule has 98 valence electrons. The van der Waals surface area contributed by atoms with Crippen molar-refractivity contribution in [2.45, 2.75) is 44.6 Å². The maximum absolute atomic E-state index is 9.06. The molecule has 0 spiro atoms. The first-order chi connectivity index (χ1) is 8.90. The van der Waals surface area contributed by atoms with Crippen LogP contribution in [0.4, 0.5) is 0 Å². The molecule has 0 aliphatic heterocycles. The smallest absolute Gasteiger partial charge is 0.123 e. The largest absolute Gasteiger partial charge is 0.486 e. The van der Waals surface area contributed by atoms with Crippen LogP contribution in [0.15, 0.2) is 36.4 Å². The van der Waals surface area contributed by atoms with Crippen LogP contribution in [0.3, 0.4) is 0 Å². The van der Waals surface area contributed by atoms with Crippen LogP contribution in [0, 0.1) is 0 Å². The minimum atomic E-state index is 0.168. The van der Waals surface area contributed by atoms with Gasteiger partial charge in [-0.1, -0.05) is 30.7 Å². The highest BCUT2D eigenvalue weighted by Crippen LogP contribution is 2.23. The Bertz CT molecular complexity index is 384. The predicted molar refractivity (Wildman–Crippen MR) is 73.9 cm³/mol. The molecular weight excluding hydrogens is 224 g/mol. The molecule has 0 fully saturated rings. The zero-order valence-corrected chi connectivity index (χ0v) is 10.8. The van der Waals surface area contributed by atoms with E-state index in [1.165, 1.54) is 19.3 Å². The van der Waals surface area contributed by atoms with Crippen LogP contribution in [0.2, 0.25) is 0 Å². The van der Waals surface area contributed by atoms with Crippen LogP contribution < -0.4 is 4.74 Å². The van der Waals surface area contributed by atoms with Gasteiger partial charge >= 0.3 is 0 Å². The Kier molecular flexibility index (Phi) is 5.28. The van der Waals surface area contributed by atoms with Crippen LogP contribution >= 0.6 is 0 Å². The Balaban J connectivity index is 2.04. The summed E-state index contributed by atoms with van der Waals surface area (Å²) < 4.78 is 6.08. The lowest BCUT2D eigenvalue weighted by Crippen LogP contribution is -2.15. The van der Waals surface area contributed by atoms with Gasteiger partial charge in [-0.3, -0.25) is 0 Å². The van der Waals surface area contributed by atoms with Crippen LogP contribution in [0.25, 0.3) is 0 Å². The van der Waals surface area contributed by atoms with E-state index < -0.39 is 0 Å². The maximum Gasteiger partial charge on any atom is 0.123 e. The molecule has 0 heterocycles. The number of benzene rings is 1. The first-order valence-electron chi connectivity index (χ1n) is 6.92. The third-order valence-corrected chi connectivity index (χ3v) is 3.34. The number of aliphatic hydroxyl groups is 1. The van der Waals surface area contributed by atoms with Crippen LogP contribution in [0.5, 0.6) is 5.75 Å². The zero-order valence-electron chi connectivity index (χ0n) is 10.8. The summed E-state index contributed by atoms with van der Waals surface area (Å²) in [5.74, 6) is 0.918. The molecular formula is C16H22O2. The van der Waals surface area contributed by atoms with E-state index in [1.807, 2.05) is 24.3 Å². The molecule has 1 N–H and O–H groups in total. The summed E-state index contributed by atoms with van der Waals surface area (Å²) in [6.07, 6.45) is 11.3. The van der Waals surface area contributed by atoms with E-state index in [-0.39, 0.29) is 12.7 Å². The molecule has 0 bridgehead atoms. The summed E-state index contributed by atoms with van der Waals surface area (Å²) in [5, 5.41) is 9.06. The topological polar surface area (TPSA) is 29.5 Å². The second kappa shape index (κ2) is 7.22. The maximum atomic E-state index is 9.06. The standard InChI is InChI=1S/C16H22O2/c17-13-12-14-8-6-7-11-16(14)18-15-9-4-2-1-3-5-10-15/h4,6-9,11,15,17H,1-3,5,10,12-13H2/b9-4+. The van der Waals surface area contributed by atoms with Gasteiger partial charge in [-0.25, -0.2) is 0 Å². The van der Waals surface area contributed by atoms with E-state index in [9.17, 15) is 0 Å². The van der Waals surface area contributed by atoms with E-state index in [4.69, 9.17) is 9.84 Å². The zero-order chi connectivity index (χ0) is 12.6. The van der Waals surface area contributed by atoms with Gasteiger partial charge in [-0.2, -0.15) is 0 Å². The Morgan fingerprint density at radius 3 is 2.94 bits per heavy atom. The quantitative estimate of drug-likeness (QED) is 0.824. The molecule has 1 unspecified atom stereocenters. The molecule has 0 saturated carbocycles. The van der Waals surface area contributed by atoms with Gasteiger partial charge in [-0.05, 0) is 49.8 Å². The van der Waals surface area contributed by atoms with Gasteiger partial charge in [0.1, 0.15) is 11.9 Å². The fraction of sp³-hybridized carbons (Fsp3) is 0.500. The molecule has 1 atom stereocenters. The summed E-state index contributed by atoms with van der Waals surface area (Å²) in [4.78, 5) is 0. The third-order valence-electron chi connectivity index (χ3n) is 3.34.